The van der Waals surface area contributed by atoms with Crippen LogP contribution < -0.4 is 10.6 Å². The lowest BCUT2D eigenvalue weighted by Crippen LogP contribution is -2.45. The second-order valence-corrected chi connectivity index (χ2v) is 4.65. The van der Waals surface area contributed by atoms with Gasteiger partial charge in [-0.25, -0.2) is 0 Å². The molecule has 0 spiro atoms. The minimum Gasteiger partial charge on any atom is -0.469 e. The molecule has 5 nitrogen and oxygen atoms in total. The van der Waals surface area contributed by atoms with Crippen LogP contribution in [-0.2, 0) is 11.2 Å². The first-order chi connectivity index (χ1) is 9.88. The molecule has 1 fully saturated rings. The van der Waals surface area contributed by atoms with Crippen LogP contribution in [0.15, 0.2) is 27.8 Å². The highest BCUT2D eigenvalue weighted by Crippen LogP contribution is 2.06. The largest absolute Gasteiger partial charge is 0.469 e. The maximum Gasteiger partial charge on any atom is 0.192 e. The van der Waals surface area contributed by atoms with Crippen molar-refractivity contribution in [2.24, 2.45) is 4.99 Å². The fourth-order valence-corrected chi connectivity index (χ4v) is 2.06. The van der Waals surface area contributed by atoms with Gasteiger partial charge in [0.2, 0.25) is 0 Å². The number of aliphatic imine (C=N–C) groups is 1. The van der Waals surface area contributed by atoms with Crippen molar-refractivity contribution < 1.29 is 9.15 Å². The summed E-state index contributed by atoms with van der Waals surface area (Å²) in [4.78, 5) is 4.53. The predicted octanol–water partition coefficient (Wildman–Crippen LogP) is 1.17. The van der Waals surface area contributed by atoms with Gasteiger partial charge in [0.05, 0.1) is 12.8 Å². The molecular formula is C15H21N3O2. The van der Waals surface area contributed by atoms with Crippen LogP contribution in [0.4, 0.5) is 0 Å². The van der Waals surface area contributed by atoms with Crippen LogP contribution in [-0.4, -0.2) is 38.3 Å². The van der Waals surface area contributed by atoms with Gasteiger partial charge in [0, 0.05) is 32.2 Å². The van der Waals surface area contributed by atoms with Crippen molar-refractivity contribution in [2.45, 2.75) is 25.3 Å². The number of furan rings is 1. The summed E-state index contributed by atoms with van der Waals surface area (Å²) in [5.74, 6) is 4.27. The maximum absolute atomic E-state index is 5.35. The van der Waals surface area contributed by atoms with Gasteiger partial charge >= 0.3 is 0 Å². The lowest BCUT2D eigenvalue weighted by molar-refractivity contribution is 0.0822. The van der Waals surface area contributed by atoms with Crippen LogP contribution in [0.25, 0.3) is 0 Å². The molecule has 20 heavy (non-hydrogen) atoms. The van der Waals surface area contributed by atoms with Crippen LogP contribution in [0.3, 0.4) is 0 Å². The van der Waals surface area contributed by atoms with Gasteiger partial charge < -0.3 is 19.8 Å². The summed E-state index contributed by atoms with van der Waals surface area (Å²) >= 11 is 0. The normalized spacial score (nSPS) is 16.6. The van der Waals surface area contributed by atoms with Crippen molar-refractivity contribution >= 4 is 5.96 Å². The van der Waals surface area contributed by atoms with Crippen LogP contribution in [0.5, 0.6) is 0 Å². The minimum atomic E-state index is 0.399. The van der Waals surface area contributed by atoms with E-state index in [1.54, 1.807) is 6.26 Å². The Morgan fingerprint density at radius 3 is 3.00 bits per heavy atom. The second-order valence-electron chi connectivity index (χ2n) is 4.65. The highest BCUT2D eigenvalue weighted by molar-refractivity contribution is 5.80. The van der Waals surface area contributed by atoms with Gasteiger partial charge in [0.1, 0.15) is 5.76 Å². The third-order valence-corrected chi connectivity index (χ3v) is 3.13. The molecular weight excluding hydrogens is 254 g/mol. The molecule has 1 saturated heterocycles. The van der Waals surface area contributed by atoms with Gasteiger partial charge in [-0.05, 0) is 25.0 Å². The van der Waals surface area contributed by atoms with Gasteiger partial charge in [0.15, 0.2) is 5.96 Å². The van der Waals surface area contributed by atoms with Gasteiger partial charge in [0.25, 0.3) is 0 Å². The summed E-state index contributed by atoms with van der Waals surface area (Å²) < 4.78 is 10.6. The van der Waals surface area contributed by atoms with E-state index >= 15 is 0 Å². The molecule has 0 radical (unpaired) electrons. The zero-order valence-electron chi connectivity index (χ0n) is 11.6. The number of guanidine groups is 1. The summed E-state index contributed by atoms with van der Waals surface area (Å²) in [5, 5.41) is 6.53. The van der Waals surface area contributed by atoms with Gasteiger partial charge in [-0.3, -0.25) is 4.99 Å². The molecule has 1 aromatic heterocycles. The quantitative estimate of drug-likeness (QED) is 0.481. The Kier molecular flexibility index (Phi) is 6.00. The van der Waals surface area contributed by atoms with Gasteiger partial charge in [-0.2, -0.15) is 0 Å². The van der Waals surface area contributed by atoms with Gasteiger partial charge in [-0.1, -0.05) is 5.92 Å². The van der Waals surface area contributed by atoms with Crippen molar-refractivity contribution in [2.75, 3.05) is 26.3 Å². The van der Waals surface area contributed by atoms with E-state index in [0.717, 1.165) is 44.2 Å². The number of terminal acetylenes is 1. The van der Waals surface area contributed by atoms with Crippen LogP contribution in [0.1, 0.15) is 18.6 Å². The van der Waals surface area contributed by atoms with Crippen LogP contribution in [0.2, 0.25) is 0 Å². The lowest BCUT2D eigenvalue weighted by atomic mass is 10.1. The van der Waals surface area contributed by atoms with Crippen molar-refractivity contribution in [1.29, 1.82) is 0 Å². The number of hydrogen-bond donors (Lipinski definition) is 2. The minimum absolute atomic E-state index is 0.399. The molecule has 0 amide bonds. The first-order valence-electron chi connectivity index (χ1n) is 6.97. The van der Waals surface area contributed by atoms with E-state index < -0.39 is 0 Å². The van der Waals surface area contributed by atoms with E-state index in [0.29, 0.717) is 19.1 Å². The van der Waals surface area contributed by atoms with Crippen LogP contribution >= 0.6 is 0 Å². The summed E-state index contributed by atoms with van der Waals surface area (Å²) in [6, 6.07) is 4.24. The number of rotatable bonds is 5. The molecule has 2 rings (SSSR count). The van der Waals surface area contributed by atoms with E-state index in [1.165, 1.54) is 0 Å². The van der Waals surface area contributed by atoms with Crippen molar-refractivity contribution in [3.05, 3.63) is 24.2 Å². The molecule has 1 aliphatic heterocycles. The predicted molar refractivity (Wildman–Crippen MR) is 78.5 cm³/mol. The molecule has 0 atom stereocenters. The molecule has 0 aromatic carbocycles. The average molecular weight is 275 g/mol. The average Bonchev–Trinajstić information content (AvgIpc) is 2.99. The number of ether oxygens (including phenoxy) is 1. The summed E-state index contributed by atoms with van der Waals surface area (Å²) in [6.07, 6.45) is 9.73. The summed E-state index contributed by atoms with van der Waals surface area (Å²) in [5.41, 5.74) is 0. The standard InChI is InChI=1S/C15H21N3O2/c1-2-8-16-15(18-13-6-11-19-12-7-13)17-9-5-14-4-3-10-20-14/h1,3-4,10,13H,5-9,11-12H2,(H2,16,17,18). The SMILES string of the molecule is C#CCNC(=NCCc1ccco1)NC1CCOCC1. The first kappa shape index (κ1) is 14.5. The Bertz CT molecular complexity index is 442. The highest BCUT2D eigenvalue weighted by Gasteiger charge is 2.14. The number of nitrogens with one attached hydrogen (secondary N) is 2. The molecule has 1 aromatic rings. The lowest BCUT2D eigenvalue weighted by Gasteiger charge is -2.25. The number of hydrogen-bond acceptors (Lipinski definition) is 3. The molecule has 108 valence electrons. The molecule has 1 aliphatic rings. The Hall–Kier alpha value is -1.93. The Morgan fingerprint density at radius 1 is 1.45 bits per heavy atom. The van der Waals surface area contributed by atoms with E-state index in [4.69, 9.17) is 15.6 Å². The van der Waals surface area contributed by atoms with Crippen LogP contribution in [0, 0.1) is 12.3 Å². The fourth-order valence-electron chi connectivity index (χ4n) is 2.06. The zero-order chi connectivity index (χ0) is 14.0. The van der Waals surface area contributed by atoms with Crippen molar-refractivity contribution in [1.82, 2.24) is 10.6 Å². The van der Waals surface area contributed by atoms with E-state index in [2.05, 4.69) is 21.5 Å². The monoisotopic (exact) mass is 275 g/mol. The van der Waals surface area contributed by atoms with Gasteiger partial charge in [-0.15, -0.1) is 6.42 Å². The molecule has 5 heteroatoms. The summed E-state index contributed by atoms with van der Waals surface area (Å²) in [6.45, 7) is 2.73. The topological polar surface area (TPSA) is 58.8 Å². The third-order valence-electron chi connectivity index (χ3n) is 3.13. The molecule has 0 aliphatic carbocycles. The molecule has 2 N–H and O–H groups in total. The van der Waals surface area contributed by atoms with E-state index in [9.17, 15) is 0 Å². The van der Waals surface area contributed by atoms with Crippen molar-refractivity contribution in [3.8, 4) is 12.3 Å². The maximum atomic E-state index is 5.35. The zero-order valence-corrected chi connectivity index (χ0v) is 11.6. The van der Waals surface area contributed by atoms with Crippen molar-refractivity contribution in [3.63, 3.8) is 0 Å². The molecule has 0 bridgehead atoms. The number of nitrogens with zero attached hydrogens (tertiary/aromatic N) is 1. The molecule has 0 unspecified atom stereocenters. The highest BCUT2D eigenvalue weighted by atomic mass is 16.5. The molecule has 2 heterocycles. The van der Waals surface area contributed by atoms with E-state index in [1.807, 2.05) is 12.1 Å². The smallest absolute Gasteiger partial charge is 0.192 e. The first-order valence-corrected chi connectivity index (χ1v) is 6.97. The fraction of sp³-hybridized carbons (Fsp3) is 0.533. The summed E-state index contributed by atoms with van der Waals surface area (Å²) in [7, 11) is 0. The Balaban J connectivity index is 1.82. The Labute approximate surface area is 119 Å². The Morgan fingerprint density at radius 2 is 2.30 bits per heavy atom. The molecule has 0 saturated carbocycles. The third kappa shape index (κ3) is 4.98. The van der Waals surface area contributed by atoms with E-state index in [-0.39, 0.29) is 0 Å². The second kappa shape index (κ2) is 8.28.